The largest absolute Gasteiger partial charge is 0.506 e. The van der Waals surface area contributed by atoms with E-state index in [1.165, 1.54) is 18.2 Å². The van der Waals surface area contributed by atoms with E-state index in [0.29, 0.717) is 17.1 Å². The Labute approximate surface area is 314 Å². The lowest BCUT2D eigenvalue weighted by Crippen LogP contribution is -2.03. The first kappa shape index (κ1) is 38.3. The molecule has 8 N–H and O–H groups in total. The number of hydrogen-bond acceptors (Lipinski definition) is 15. The monoisotopic (exact) mass is 803 g/mol. The lowest BCUT2D eigenvalue weighted by atomic mass is 10.1. The van der Waals surface area contributed by atoms with Crippen molar-refractivity contribution < 1.29 is 44.6 Å². The first-order valence-corrected chi connectivity index (χ1v) is 20.4. The Kier molecular flexibility index (Phi) is 10.3. The molecule has 0 aliphatic rings. The minimum absolute atomic E-state index is 0.0911. The van der Waals surface area contributed by atoms with Gasteiger partial charge in [0.1, 0.15) is 26.9 Å². The lowest BCUT2D eigenvalue weighted by molar-refractivity contribution is 0.472. The number of nitrogens with two attached hydrogens (primary N) is 1. The van der Waals surface area contributed by atoms with Crippen molar-refractivity contribution in [3.05, 3.63) is 109 Å². The van der Waals surface area contributed by atoms with Crippen LogP contribution in [0.5, 0.6) is 11.5 Å². The third kappa shape index (κ3) is 8.86. The molecular formula is C35H29N7O10S3. The van der Waals surface area contributed by atoms with Crippen molar-refractivity contribution in [2.24, 2.45) is 20.5 Å². The Hall–Kier alpha value is -6.45. The second-order valence-corrected chi connectivity index (χ2v) is 16.6. The number of hydrogen-bond donors (Lipinski definition) is 7. The molecule has 0 bridgehead atoms. The summed E-state index contributed by atoms with van der Waals surface area (Å²) in [4.78, 5) is -1.88. The van der Waals surface area contributed by atoms with Gasteiger partial charge in [0, 0.05) is 40.5 Å². The number of sulfone groups is 1. The predicted octanol–water partition coefficient (Wildman–Crippen LogP) is 8.05. The maximum atomic E-state index is 12.4. The first-order valence-electron chi connectivity index (χ1n) is 15.6. The van der Waals surface area contributed by atoms with Crippen LogP contribution in [0, 0.1) is 0 Å². The van der Waals surface area contributed by atoms with Crippen molar-refractivity contribution >= 4 is 92.0 Å². The summed E-state index contributed by atoms with van der Waals surface area (Å²) in [6.07, 6.45) is 0.895. The van der Waals surface area contributed by atoms with E-state index in [9.17, 15) is 44.6 Å². The summed E-state index contributed by atoms with van der Waals surface area (Å²) in [7, 11) is -13.8. The molecular weight excluding hydrogens is 775 g/mol. The van der Waals surface area contributed by atoms with E-state index < -0.39 is 51.3 Å². The SMILES string of the molecule is CS(=O)(=O)c1cc(N)c2c(O)c(/N=N/c3ccc(Nc4ccc(/N=N/c5ccc(Nc6ccccc6)cc5O)cc4)c(S(=O)(=O)O)c3)c(S(=O)(=O)O)cc2c1. The molecule has 0 aromatic heterocycles. The van der Waals surface area contributed by atoms with Gasteiger partial charge >= 0.3 is 0 Å². The third-order valence-corrected chi connectivity index (χ3v) is 10.7. The quantitative estimate of drug-likeness (QED) is 0.0371. The van der Waals surface area contributed by atoms with Gasteiger partial charge in [-0.15, -0.1) is 10.2 Å². The molecule has 282 valence electrons. The fourth-order valence-corrected chi connectivity index (χ4v) is 7.26. The average molecular weight is 804 g/mol. The zero-order chi connectivity index (χ0) is 39.7. The van der Waals surface area contributed by atoms with E-state index in [-0.39, 0.29) is 44.2 Å². The number of rotatable bonds is 11. The molecule has 6 aromatic rings. The minimum Gasteiger partial charge on any atom is -0.506 e. The summed E-state index contributed by atoms with van der Waals surface area (Å²) in [6.45, 7) is 0. The summed E-state index contributed by atoms with van der Waals surface area (Å²) >= 11 is 0. The highest BCUT2D eigenvalue weighted by molar-refractivity contribution is 7.90. The normalized spacial score (nSPS) is 12.4. The number of para-hydroxylation sites is 1. The number of azo groups is 2. The van der Waals surface area contributed by atoms with Crippen LogP contribution in [0.2, 0.25) is 0 Å². The number of phenolic OH excluding ortho intramolecular Hbond substituents is 2. The molecule has 0 fully saturated rings. The van der Waals surface area contributed by atoms with Gasteiger partial charge < -0.3 is 26.6 Å². The van der Waals surface area contributed by atoms with Crippen LogP contribution in [0.25, 0.3) is 10.8 Å². The molecule has 0 amide bonds. The van der Waals surface area contributed by atoms with Crippen molar-refractivity contribution in [1.29, 1.82) is 0 Å². The van der Waals surface area contributed by atoms with Crippen LogP contribution in [-0.4, -0.2) is 50.8 Å². The number of nitrogen functional groups attached to an aromatic ring is 1. The molecule has 6 rings (SSSR count). The van der Waals surface area contributed by atoms with Gasteiger partial charge in [0.15, 0.2) is 15.6 Å². The van der Waals surface area contributed by atoms with Gasteiger partial charge in [-0.3, -0.25) is 9.11 Å². The zero-order valence-electron chi connectivity index (χ0n) is 28.2. The second kappa shape index (κ2) is 14.8. The summed E-state index contributed by atoms with van der Waals surface area (Å²) < 4.78 is 93.4. The highest BCUT2D eigenvalue weighted by Crippen LogP contribution is 2.44. The summed E-state index contributed by atoms with van der Waals surface area (Å²) in [5.41, 5.74) is 7.08. The number of nitrogens with one attached hydrogen (secondary N) is 2. The number of fused-ring (bicyclic) bond motifs is 1. The van der Waals surface area contributed by atoms with Gasteiger partial charge in [-0.05, 0) is 90.3 Å². The van der Waals surface area contributed by atoms with Crippen LogP contribution in [-0.2, 0) is 30.1 Å². The Balaban J connectivity index is 1.24. The number of anilines is 5. The van der Waals surface area contributed by atoms with Crippen LogP contribution >= 0.6 is 0 Å². The lowest BCUT2D eigenvalue weighted by Gasteiger charge is -2.12. The average Bonchev–Trinajstić information content (AvgIpc) is 3.11. The number of phenols is 2. The Morgan fingerprint density at radius 2 is 1.22 bits per heavy atom. The smallest absolute Gasteiger partial charge is 0.296 e. The second-order valence-electron chi connectivity index (χ2n) is 11.9. The zero-order valence-corrected chi connectivity index (χ0v) is 30.7. The molecule has 6 aromatic carbocycles. The topological polar surface area (TPSA) is 283 Å². The van der Waals surface area contributed by atoms with Gasteiger partial charge in [0.05, 0.1) is 22.0 Å². The van der Waals surface area contributed by atoms with Crippen molar-refractivity contribution in [1.82, 2.24) is 0 Å². The van der Waals surface area contributed by atoms with E-state index in [0.717, 1.165) is 36.2 Å². The highest BCUT2D eigenvalue weighted by atomic mass is 32.2. The third-order valence-electron chi connectivity index (χ3n) is 7.83. The fourth-order valence-electron chi connectivity index (χ4n) is 5.25. The Bertz CT molecular complexity index is 2870. The molecule has 0 spiro atoms. The maximum Gasteiger partial charge on any atom is 0.296 e. The Morgan fingerprint density at radius 1 is 0.600 bits per heavy atom. The van der Waals surface area contributed by atoms with Crippen molar-refractivity contribution in [2.75, 3.05) is 22.6 Å². The fraction of sp³-hybridized carbons (Fsp3) is 0.0286. The molecule has 17 nitrogen and oxygen atoms in total. The molecule has 20 heteroatoms. The number of benzene rings is 6. The van der Waals surface area contributed by atoms with E-state index in [1.54, 1.807) is 36.4 Å². The standard InChI is InChI=1S/C35H29N7O10S3/c1-53(45,46)26-15-20-16-32(55(50,51)52)34(35(44)33(20)27(36)19-26)42-40-25-12-14-29(31(18-25)54(47,48)49)38-22-7-9-23(10-8-22)39-41-28-13-11-24(17-30(28)43)37-21-5-3-2-4-6-21/h2-19,37-38,43-44H,36H2,1H3,(H,47,48,49)(H,50,51,52)/b41-39+,42-40+. The van der Waals surface area contributed by atoms with Crippen LogP contribution < -0.4 is 16.4 Å². The van der Waals surface area contributed by atoms with Gasteiger partial charge in [-0.1, -0.05) is 18.2 Å². The molecule has 0 radical (unpaired) electrons. The number of aromatic hydroxyl groups is 2. The summed E-state index contributed by atoms with van der Waals surface area (Å²) in [5, 5.41) is 42.9. The van der Waals surface area contributed by atoms with Gasteiger partial charge in [0.25, 0.3) is 20.2 Å². The molecule has 0 unspecified atom stereocenters. The number of nitrogens with zero attached hydrogens (tertiary/aromatic N) is 4. The van der Waals surface area contributed by atoms with E-state index in [2.05, 4.69) is 31.1 Å². The van der Waals surface area contributed by atoms with Crippen LogP contribution in [0.4, 0.5) is 51.2 Å². The van der Waals surface area contributed by atoms with Crippen LogP contribution in [0.1, 0.15) is 0 Å². The molecule has 0 atom stereocenters. The van der Waals surface area contributed by atoms with Crippen molar-refractivity contribution in [2.45, 2.75) is 14.7 Å². The molecule has 0 saturated heterocycles. The van der Waals surface area contributed by atoms with Gasteiger partial charge in [0.2, 0.25) is 0 Å². The van der Waals surface area contributed by atoms with E-state index in [1.807, 2.05) is 30.3 Å². The molecule has 55 heavy (non-hydrogen) atoms. The van der Waals surface area contributed by atoms with Crippen LogP contribution in [0.15, 0.2) is 144 Å². The maximum absolute atomic E-state index is 12.4. The van der Waals surface area contributed by atoms with Crippen molar-refractivity contribution in [3.63, 3.8) is 0 Å². The van der Waals surface area contributed by atoms with Gasteiger partial charge in [-0.25, -0.2) is 8.42 Å². The van der Waals surface area contributed by atoms with Crippen molar-refractivity contribution in [3.8, 4) is 11.5 Å². The predicted molar refractivity (Wildman–Crippen MR) is 205 cm³/mol. The molecule has 0 heterocycles. The first-order chi connectivity index (χ1) is 25.9. The summed E-state index contributed by atoms with van der Waals surface area (Å²) in [5.74, 6) is -0.972. The van der Waals surface area contributed by atoms with Gasteiger partial charge in [-0.2, -0.15) is 27.1 Å². The van der Waals surface area contributed by atoms with E-state index in [4.69, 9.17) is 5.73 Å². The Morgan fingerprint density at radius 3 is 1.85 bits per heavy atom. The molecule has 0 aliphatic carbocycles. The molecule has 0 saturated carbocycles. The summed E-state index contributed by atoms with van der Waals surface area (Å²) in [6, 6.07) is 26.8. The molecule has 0 aliphatic heterocycles. The van der Waals surface area contributed by atoms with Crippen LogP contribution in [0.3, 0.4) is 0 Å². The minimum atomic E-state index is -5.10. The van der Waals surface area contributed by atoms with E-state index >= 15 is 0 Å². The highest BCUT2D eigenvalue weighted by Gasteiger charge is 2.25.